The maximum absolute atomic E-state index is 12.6. The Morgan fingerprint density at radius 3 is 2.80 bits per heavy atom. The van der Waals surface area contributed by atoms with E-state index < -0.39 is 0 Å². The van der Waals surface area contributed by atoms with Gasteiger partial charge in [-0.25, -0.2) is 0 Å². The number of piperidine rings is 1. The number of aryl methyl sites for hydroxylation is 1. The fraction of sp³-hybridized carbons (Fsp3) is 0.750. The molecule has 0 spiro atoms. The number of rotatable bonds is 5. The molecule has 0 aliphatic carbocycles. The molecule has 0 aromatic carbocycles. The number of ether oxygens (including phenoxy) is 1. The topological polar surface area (TPSA) is 101 Å². The first-order valence-electron chi connectivity index (χ1n) is 8.83. The van der Waals surface area contributed by atoms with E-state index in [1.54, 1.807) is 6.33 Å². The molecule has 2 fully saturated rings. The molecule has 0 radical (unpaired) electrons. The average Bonchev–Trinajstić information content (AvgIpc) is 3.07. The number of amides is 2. The molecule has 2 N–H and O–H groups in total. The van der Waals surface area contributed by atoms with E-state index in [1.807, 2.05) is 16.5 Å². The van der Waals surface area contributed by atoms with Gasteiger partial charge in [0.15, 0.2) is 0 Å². The molecule has 1 aromatic rings. The molecular formula is C16H26N6O3. The fourth-order valence-electron chi connectivity index (χ4n) is 3.35. The lowest BCUT2D eigenvalue weighted by Gasteiger charge is -2.34. The van der Waals surface area contributed by atoms with E-state index in [4.69, 9.17) is 4.74 Å². The Morgan fingerprint density at radius 2 is 2.08 bits per heavy atom. The maximum atomic E-state index is 12.6. The van der Waals surface area contributed by atoms with Crippen molar-refractivity contribution in [1.82, 2.24) is 30.3 Å². The molecule has 3 rings (SSSR count). The molecule has 0 unspecified atom stereocenters. The summed E-state index contributed by atoms with van der Waals surface area (Å²) in [5, 5.41) is 14.0. The normalized spacial score (nSPS) is 24.1. The highest BCUT2D eigenvalue weighted by molar-refractivity contribution is 5.83. The number of nitrogens with zero attached hydrogens (tertiary/aromatic N) is 4. The number of hydrogen-bond donors (Lipinski definition) is 2. The van der Waals surface area contributed by atoms with Crippen LogP contribution in [0.3, 0.4) is 0 Å². The largest absolute Gasteiger partial charge is 0.378 e. The van der Waals surface area contributed by atoms with Crippen LogP contribution in [0, 0.1) is 11.8 Å². The number of carbonyl (C=O) groups excluding carboxylic acids is 2. The second kappa shape index (κ2) is 8.39. The van der Waals surface area contributed by atoms with Gasteiger partial charge in [0.05, 0.1) is 25.0 Å². The molecule has 9 heteroatoms. The minimum Gasteiger partial charge on any atom is -0.378 e. The number of carbonyl (C=O) groups is 2. The molecule has 0 bridgehead atoms. The van der Waals surface area contributed by atoms with Crippen LogP contribution in [0.2, 0.25) is 0 Å². The first-order valence-corrected chi connectivity index (χ1v) is 8.83. The Balaban J connectivity index is 1.46. The molecule has 2 aliphatic rings. The van der Waals surface area contributed by atoms with Gasteiger partial charge in [-0.2, -0.15) is 0 Å². The van der Waals surface area contributed by atoms with Gasteiger partial charge in [-0.3, -0.25) is 9.59 Å². The third-order valence-electron chi connectivity index (χ3n) is 4.85. The van der Waals surface area contributed by atoms with E-state index in [0.29, 0.717) is 58.8 Å². The van der Waals surface area contributed by atoms with Crippen LogP contribution >= 0.6 is 0 Å². The molecule has 1 aromatic heterocycles. The molecule has 2 amide bonds. The van der Waals surface area contributed by atoms with Crippen molar-refractivity contribution < 1.29 is 14.3 Å². The zero-order valence-corrected chi connectivity index (χ0v) is 14.6. The van der Waals surface area contributed by atoms with Gasteiger partial charge < -0.3 is 24.8 Å². The molecular weight excluding hydrogens is 324 g/mol. The van der Waals surface area contributed by atoms with Crippen molar-refractivity contribution in [2.45, 2.75) is 12.8 Å². The standard InChI is InChI=1S/C16H26N6O3/c1-21-11-19-20-14(21)2-3-18-15(23)12-8-13(10-17-9-12)16(24)22-4-6-25-7-5-22/h11-13,17H,2-10H2,1H3,(H,18,23)/t12-,13+/m1/s1. The number of morpholine rings is 1. The third-order valence-corrected chi connectivity index (χ3v) is 4.85. The third kappa shape index (κ3) is 4.55. The van der Waals surface area contributed by atoms with Gasteiger partial charge in [-0.15, -0.1) is 10.2 Å². The van der Waals surface area contributed by atoms with Gasteiger partial charge in [0.1, 0.15) is 12.2 Å². The summed E-state index contributed by atoms with van der Waals surface area (Å²) in [6.07, 6.45) is 2.88. The van der Waals surface area contributed by atoms with E-state index in [2.05, 4.69) is 20.8 Å². The molecule has 0 saturated carbocycles. The highest BCUT2D eigenvalue weighted by Gasteiger charge is 2.33. The van der Waals surface area contributed by atoms with E-state index in [1.165, 1.54) is 0 Å². The van der Waals surface area contributed by atoms with E-state index in [-0.39, 0.29) is 23.7 Å². The van der Waals surface area contributed by atoms with Crippen molar-refractivity contribution in [3.8, 4) is 0 Å². The predicted octanol–water partition coefficient (Wildman–Crippen LogP) is -1.44. The minimum atomic E-state index is -0.178. The van der Waals surface area contributed by atoms with Crippen LogP contribution in [0.5, 0.6) is 0 Å². The Bertz CT molecular complexity index is 598. The highest BCUT2D eigenvalue weighted by atomic mass is 16.5. The molecule has 9 nitrogen and oxygen atoms in total. The molecule has 25 heavy (non-hydrogen) atoms. The van der Waals surface area contributed by atoms with Crippen LogP contribution in [0.15, 0.2) is 6.33 Å². The fourth-order valence-corrected chi connectivity index (χ4v) is 3.35. The molecule has 2 atom stereocenters. The molecule has 2 saturated heterocycles. The maximum Gasteiger partial charge on any atom is 0.227 e. The summed E-state index contributed by atoms with van der Waals surface area (Å²) in [5.74, 6) is 0.647. The Labute approximate surface area is 147 Å². The van der Waals surface area contributed by atoms with Crippen molar-refractivity contribution in [3.05, 3.63) is 12.2 Å². The summed E-state index contributed by atoms with van der Waals surface area (Å²) in [4.78, 5) is 26.9. The minimum absolute atomic E-state index is 0.00542. The van der Waals surface area contributed by atoms with Gasteiger partial charge in [0, 0.05) is 46.2 Å². The predicted molar refractivity (Wildman–Crippen MR) is 89.6 cm³/mol. The van der Waals surface area contributed by atoms with Crippen LogP contribution in [-0.4, -0.2) is 77.4 Å². The van der Waals surface area contributed by atoms with Crippen LogP contribution in [0.4, 0.5) is 0 Å². The molecule has 138 valence electrons. The lowest BCUT2D eigenvalue weighted by Crippen LogP contribution is -2.51. The Hall–Kier alpha value is -2.00. The number of hydrogen-bond acceptors (Lipinski definition) is 6. The first kappa shape index (κ1) is 17.8. The SMILES string of the molecule is Cn1cnnc1CCNC(=O)[C@H]1CNC[C@@H](C(=O)N2CCOCC2)C1. The summed E-state index contributed by atoms with van der Waals surface area (Å²) >= 11 is 0. The van der Waals surface area contributed by atoms with Crippen molar-refractivity contribution in [2.24, 2.45) is 18.9 Å². The zero-order valence-electron chi connectivity index (χ0n) is 14.6. The highest BCUT2D eigenvalue weighted by Crippen LogP contribution is 2.19. The van der Waals surface area contributed by atoms with Crippen LogP contribution in [0.25, 0.3) is 0 Å². The van der Waals surface area contributed by atoms with Crippen LogP contribution in [-0.2, 0) is 27.8 Å². The lowest BCUT2D eigenvalue weighted by molar-refractivity contribution is -0.141. The monoisotopic (exact) mass is 350 g/mol. The van der Waals surface area contributed by atoms with Gasteiger partial charge in [0.2, 0.25) is 11.8 Å². The van der Waals surface area contributed by atoms with Crippen molar-refractivity contribution in [1.29, 1.82) is 0 Å². The van der Waals surface area contributed by atoms with Crippen molar-refractivity contribution >= 4 is 11.8 Å². The summed E-state index contributed by atoms with van der Waals surface area (Å²) in [6.45, 7) is 4.25. The van der Waals surface area contributed by atoms with Gasteiger partial charge >= 0.3 is 0 Å². The number of aromatic nitrogens is 3. The van der Waals surface area contributed by atoms with Crippen LogP contribution in [0.1, 0.15) is 12.2 Å². The van der Waals surface area contributed by atoms with E-state index in [0.717, 1.165) is 5.82 Å². The second-order valence-electron chi connectivity index (χ2n) is 6.62. The smallest absolute Gasteiger partial charge is 0.227 e. The molecule has 2 aliphatic heterocycles. The quantitative estimate of drug-likeness (QED) is 0.674. The summed E-state index contributed by atoms with van der Waals surface area (Å²) in [6, 6.07) is 0. The van der Waals surface area contributed by atoms with Gasteiger partial charge in [-0.05, 0) is 6.42 Å². The Kier molecular flexibility index (Phi) is 5.98. The lowest BCUT2D eigenvalue weighted by atomic mass is 9.88. The molecule has 3 heterocycles. The Morgan fingerprint density at radius 1 is 1.32 bits per heavy atom. The van der Waals surface area contributed by atoms with E-state index >= 15 is 0 Å². The zero-order chi connectivity index (χ0) is 17.6. The average molecular weight is 350 g/mol. The van der Waals surface area contributed by atoms with Crippen molar-refractivity contribution in [3.63, 3.8) is 0 Å². The van der Waals surface area contributed by atoms with Crippen LogP contribution < -0.4 is 10.6 Å². The first-order chi connectivity index (χ1) is 12.1. The van der Waals surface area contributed by atoms with E-state index in [9.17, 15) is 9.59 Å². The second-order valence-corrected chi connectivity index (χ2v) is 6.62. The van der Waals surface area contributed by atoms with Gasteiger partial charge in [0.25, 0.3) is 0 Å². The van der Waals surface area contributed by atoms with Crippen molar-refractivity contribution in [2.75, 3.05) is 45.9 Å². The number of nitrogens with one attached hydrogen (secondary N) is 2. The van der Waals surface area contributed by atoms with Gasteiger partial charge in [-0.1, -0.05) is 0 Å². The summed E-state index contributed by atoms with van der Waals surface area (Å²) in [7, 11) is 1.88. The summed E-state index contributed by atoms with van der Waals surface area (Å²) < 4.78 is 7.13. The summed E-state index contributed by atoms with van der Waals surface area (Å²) in [5.41, 5.74) is 0.